The summed E-state index contributed by atoms with van der Waals surface area (Å²) in [4.78, 5) is 0. The molecule has 2 nitrogen and oxygen atoms in total. The van der Waals surface area contributed by atoms with Crippen LogP contribution < -0.4 is 0 Å². The molecule has 0 amide bonds. The predicted octanol–water partition coefficient (Wildman–Crippen LogP) is 7.46. The molecule has 0 fully saturated rings. The largest absolute Gasteiger partial charge is 0.456 e. The Hall–Kier alpha value is -3.52. The quantitative estimate of drug-likeness (QED) is 0.308. The van der Waals surface area contributed by atoms with Gasteiger partial charge in [0.15, 0.2) is 0 Å². The van der Waals surface area contributed by atoms with Crippen molar-refractivity contribution in [3.63, 3.8) is 0 Å². The van der Waals surface area contributed by atoms with Gasteiger partial charge >= 0.3 is 0 Å². The van der Waals surface area contributed by atoms with Crippen molar-refractivity contribution in [2.45, 2.75) is 6.92 Å². The van der Waals surface area contributed by atoms with Crippen molar-refractivity contribution in [2.24, 2.45) is 0 Å². The van der Waals surface area contributed by atoms with Crippen LogP contribution in [0.2, 0.25) is 0 Å². The summed E-state index contributed by atoms with van der Waals surface area (Å²) in [6.45, 7) is 2.11. The van der Waals surface area contributed by atoms with Gasteiger partial charge in [-0.2, -0.15) is 0 Å². The fourth-order valence-electron chi connectivity index (χ4n) is 4.03. The first kappa shape index (κ1) is 14.6. The molecule has 2 heterocycles. The highest BCUT2D eigenvalue weighted by Crippen LogP contribution is 2.38. The van der Waals surface area contributed by atoms with Crippen LogP contribution in [-0.2, 0) is 0 Å². The minimum atomic E-state index is 0.913. The maximum Gasteiger partial charge on any atom is 0.143 e. The summed E-state index contributed by atoms with van der Waals surface area (Å²) in [5.74, 6) is 0. The molecule has 6 rings (SSSR count). The van der Waals surface area contributed by atoms with E-state index in [0.29, 0.717) is 0 Å². The molecule has 27 heavy (non-hydrogen) atoms. The van der Waals surface area contributed by atoms with Crippen LogP contribution in [0.1, 0.15) is 5.56 Å². The second kappa shape index (κ2) is 5.24. The number of rotatable bonds is 1. The van der Waals surface area contributed by atoms with Crippen LogP contribution in [0.15, 0.2) is 87.7 Å². The van der Waals surface area contributed by atoms with E-state index in [2.05, 4.69) is 67.6 Å². The lowest BCUT2D eigenvalue weighted by Gasteiger charge is -2.03. The summed E-state index contributed by atoms with van der Waals surface area (Å²) >= 11 is 0. The first-order valence-electron chi connectivity index (χ1n) is 9.11. The lowest BCUT2D eigenvalue weighted by Crippen LogP contribution is -1.79. The minimum absolute atomic E-state index is 0.913. The molecular formula is C25H16O2. The van der Waals surface area contributed by atoms with Gasteiger partial charge in [0.05, 0.1) is 0 Å². The van der Waals surface area contributed by atoms with Gasteiger partial charge in [-0.25, -0.2) is 0 Å². The van der Waals surface area contributed by atoms with Crippen LogP contribution in [0.4, 0.5) is 0 Å². The van der Waals surface area contributed by atoms with Gasteiger partial charge in [0.2, 0.25) is 0 Å². The van der Waals surface area contributed by atoms with E-state index in [9.17, 15) is 0 Å². The van der Waals surface area contributed by atoms with E-state index in [1.165, 1.54) is 5.56 Å². The highest BCUT2D eigenvalue weighted by Gasteiger charge is 2.14. The maximum absolute atomic E-state index is 6.21. The van der Waals surface area contributed by atoms with Crippen LogP contribution in [0, 0.1) is 6.92 Å². The predicted molar refractivity (Wildman–Crippen MR) is 111 cm³/mol. The van der Waals surface area contributed by atoms with Crippen molar-refractivity contribution in [1.82, 2.24) is 0 Å². The summed E-state index contributed by atoms with van der Waals surface area (Å²) in [6, 6.07) is 27.2. The van der Waals surface area contributed by atoms with Crippen molar-refractivity contribution in [2.75, 3.05) is 0 Å². The molecule has 4 aromatic carbocycles. The smallest absolute Gasteiger partial charge is 0.143 e. The van der Waals surface area contributed by atoms with E-state index in [1.54, 1.807) is 0 Å². The SMILES string of the molecule is Cc1ccc2oc3ccc(-c4cccc5c4oc4ccccc45)cc3c2c1. The Balaban J connectivity index is 1.67. The van der Waals surface area contributed by atoms with Crippen LogP contribution in [0.3, 0.4) is 0 Å². The van der Waals surface area contributed by atoms with E-state index in [1.807, 2.05) is 18.2 Å². The molecule has 6 aromatic rings. The molecule has 0 spiro atoms. The van der Waals surface area contributed by atoms with Gasteiger partial charge in [-0.05, 0) is 42.8 Å². The maximum atomic E-state index is 6.21. The summed E-state index contributed by atoms with van der Waals surface area (Å²) in [5, 5.41) is 4.60. The number of benzene rings is 4. The number of fused-ring (bicyclic) bond motifs is 6. The Morgan fingerprint density at radius 3 is 2.22 bits per heavy atom. The fraction of sp³-hybridized carbons (Fsp3) is 0.0400. The van der Waals surface area contributed by atoms with E-state index in [4.69, 9.17) is 8.83 Å². The average molecular weight is 348 g/mol. The van der Waals surface area contributed by atoms with Crippen molar-refractivity contribution in [1.29, 1.82) is 0 Å². The zero-order valence-corrected chi connectivity index (χ0v) is 14.8. The summed E-state index contributed by atoms with van der Waals surface area (Å²) in [5.41, 5.74) is 7.16. The van der Waals surface area contributed by atoms with Crippen molar-refractivity contribution in [3.05, 3.63) is 84.4 Å². The van der Waals surface area contributed by atoms with Crippen LogP contribution in [-0.4, -0.2) is 0 Å². The number of aryl methyl sites for hydroxylation is 1. The van der Waals surface area contributed by atoms with Gasteiger partial charge in [0.1, 0.15) is 22.3 Å². The van der Waals surface area contributed by atoms with Crippen molar-refractivity contribution < 1.29 is 8.83 Å². The molecule has 2 heteroatoms. The van der Waals surface area contributed by atoms with Crippen molar-refractivity contribution in [3.8, 4) is 11.1 Å². The Morgan fingerprint density at radius 2 is 1.30 bits per heavy atom. The molecule has 0 aliphatic heterocycles. The van der Waals surface area contributed by atoms with Crippen molar-refractivity contribution >= 4 is 43.9 Å². The number of hydrogen-bond donors (Lipinski definition) is 0. The average Bonchev–Trinajstić information content (AvgIpc) is 3.25. The number of hydrogen-bond acceptors (Lipinski definition) is 2. The summed E-state index contributed by atoms with van der Waals surface area (Å²) in [6.07, 6.45) is 0. The zero-order valence-electron chi connectivity index (χ0n) is 14.8. The highest BCUT2D eigenvalue weighted by molar-refractivity contribution is 6.11. The molecule has 0 aliphatic rings. The van der Waals surface area contributed by atoms with E-state index in [-0.39, 0.29) is 0 Å². The second-order valence-corrected chi connectivity index (χ2v) is 7.09. The Labute approximate surface area is 155 Å². The lowest BCUT2D eigenvalue weighted by molar-refractivity contribution is 0.668. The first-order valence-corrected chi connectivity index (χ1v) is 9.11. The Kier molecular flexibility index (Phi) is 2.84. The molecule has 0 radical (unpaired) electrons. The first-order chi connectivity index (χ1) is 13.3. The highest BCUT2D eigenvalue weighted by atomic mass is 16.3. The number of furan rings is 2. The molecule has 0 N–H and O–H groups in total. The Morgan fingerprint density at radius 1 is 0.556 bits per heavy atom. The summed E-state index contributed by atoms with van der Waals surface area (Å²) in [7, 11) is 0. The van der Waals surface area contributed by atoms with E-state index < -0.39 is 0 Å². The standard InChI is InChI=1S/C25H16O2/c1-15-9-11-23-20(13-15)21-14-16(10-12-24(21)26-23)17-6-4-7-19-18-5-2-3-8-22(18)27-25(17)19/h2-14H,1H3. The molecule has 0 aliphatic carbocycles. The van der Waals surface area contributed by atoms with Gasteiger partial charge in [-0.1, -0.05) is 54.1 Å². The molecule has 0 saturated heterocycles. The number of para-hydroxylation sites is 2. The van der Waals surface area contributed by atoms with Gasteiger partial charge in [0.25, 0.3) is 0 Å². The zero-order chi connectivity index (χ0) is 18.0. The van der Waals surface area contributed by atoms with E-state index in [0.717, 1.165) is 55.0 Å². The van der Waals surface area contributed by atoms with Gasteiger partial charge in [-0.15, -0.1) is 0 Å². The topological polar surface area (TPSA) is 26.3 Å². The Bertz CT molecular complexity index is 1480. The van der Waals surface area contributed by atoms with Gasteiger partial charge < -0.3 is 8.83 Å². The second-order valence-electron chi connectivity index (χ2n) is 7.09. The molecule has 0 unspecified atom stereocenters. The van der Waals surface area contributed by atoms with Crippen LogP contribution in [0.25, 0.3) is 55.0 Å². The minimum Gasteiger partial charge on any atom is -0.456 e. The van der Waals surface area contributed by atoms with Gasteiger partial charge in [-0.3, -0.25) is 0 Å². The monoisotopic (exact) mass is 348 g/mol. The third-order valence-corrected chi connectivity index (χ3v) is 5.34. The molecule has 2 aromatic heterocycles. The van der Waals surface area contributed by atoms with Crippen LogP contribution >= 0.6 is 0 Å². The third kappa shape index (κ3) is 2.07. The summed E-state index contributed by atoms with van der Waals surface area (Å²) < 4.78 is 12.2. The fourth-order valence-corrected chi connectivity index (χ4v) is 4.03. The molecule has 0 bridgehead atoms. The molecular weight excluding hydrogens is 332 g/mol. The lowest BCUT2D eigenvalue weighted by atomic mass is 10.00. The van der Waals surface area contributed by atoms with Gasteiger partial charge in [0, 0.05) is 27.1 Å². The molecule has 128 valence electrons. The van der Waals surface area contributed by atoms with Crippen LogP contribution in [0.5, 0.6) is 0 Å². The molecule has 0 saturated carbocycles. The normalized spacial score (nSPS) is 11.9. The third-order valence-electron chi connectivity index (χ3n) is 5.34. The van der Waals surface area contributed by atoms with E-state index >= 15 is 0 Å². The molecule has 0 atom stereocenters.